The predicted octanol–water partition coefficient (Wildman–Crippen LogP) is 2.79. The van der Waals surface area contributed by atoms with E-state index in [9.17, 15) is 19.2 Å². The van der Waals surface area contributed by atoms with Gasteiger partial charge in [0.2, 0.25) is 17.7 Å². The van der Waals surface area contributed by atoms with Crippen molar-refractivity contribution >= 4 is 23.8 Å². The van der Waals surface area contributed by atoms with Crippen LogP contribution >= 0.6 is 0 Å². The molecule has 0 radical (unpaired) electrons. The van der Waals surface area contributed by atoms with E-state index < -0.39 is 29.3 Å². The van der Waals surface area contributed by atoms with E-state index in [4.69, 9.17) is 4.74 Å². The molecule has 9 nitrogen and oxygen atoms in total. The highest BCUT2D eigenvalue weighted by Crippen LogP contribution is 2.45. The smallest absolute Gasteiger partial charge is 0.408 e. The highest BCUT2D eigenvalue weighted by Gasteiger charge is 2.60. The van der Waals surface area contributed by atoms with E-state index >= 15 is 0 Å². The topological polar surface area (TPSA) is 117 Å². The van der Waals surface area contributed by atoms with Crippen LogP contribution in [0.5, 0.6) is 0 Å². The van der Waals surface area contributed by atoms with Gasteiger partial charge in [0.15, 0.2) is 0 Å². The van der Waals surface area contributed by atoms with Crippen LogP contribution in [0.4, 0.5) is 4.79 Å². The Morgan fingerprint density at radius 2 is 1.89 bits per heavy atom. The number of nitrogens with zero attached hydrogens (tertiary/aromatic N) is 1. The average molecular weight is 503 g/mol. The third kappa shape index (κ3) is 6.59. The normalized spacial score (nSPS) is 31.3. The zero-order valence-electron chi connectivity index (χ0n) is 21.9. The van der Waals surface area contributed by atoms with Crippen molar-refractivity contribution in [1.82, 2.24) is 20.9 Å². The van der Waals surface area contributed by atoms with Crippen molar-refractivity contribution in [2.75, 3.05) is 13.1 Å². The molecule has 2 aliphatic heterocycles. The molecule has 0 spiro atoms. The fourth-order valence-corrected chi connectivity index (χ4v) is 5.26. The van der Waals surface area contributed by atoms with Gasteiger partial charge in [-0.15, -0.1) is 0 Å². The Bertz CT molecular complexity index is 893. The first-order valence-electron chi connectivity index (χ1n) is 13.7. The maximum Gasteiger partial charge on any atom is 0.408 e. The third-order valence-corrected chi connectivity index (χ3v) is 7.57. The van der Waals surface area contributed by atoms with Crippen molar-refractivity contribution in [2.24, 2.45) is 11.8 Å². The molecule has 0 aromatic heterocycles. The molecular formula is C27H42N4O5. The lowest BCUT2D eigenvalue weighted by molar-refractivity contribution is -0.141. The molecule has 0 aromatic rings. The molecule has 3 fully saturated rings. The third-order valence-electron chi connectivity index (χ3n) is 7.57. The number of carbonyl (C=O) groups excluding carboxylic acids is 4. The van der Waals surface area contributed by atoms with Gasteiger partial charge in [-0.3, -0.25) is 14.4 Å². The molecule has 3 N–H and O–H groups in total. The fourth-order valence-electron chi connectivity index (χ4n) is 5.26. The van der Waals surface area contributed by atoms with E-state index in [0.717, 1.165) is 38.5 Å². The molecule has 0 aromatic carbocycles. The number of alkyl carbamates (subject to hydrolysis) is 1. The molecule has 2 saturated carbocycles. The van der Waals surface area contributed by atoms with Crippen LogP contribution in [0.1, 0.15) is 85.0 Å². The minimum atomic E-state index is -0.936. The van der Waals surface area contributed by atoms with Gasteiger partial charge in [-0.25, -0.2) is 4.79 Å². The van der Waals surface area contributed by atoms with Crippen molar-refractivity contribution in [3.63, 3.8) is 0 Å². The fraction of sp³-hybridized carbons (Fsp3) is 0.778. The molecule has 0 bridgehead atoms. The Hall–Kier alpha value is -2.58. The van der Waals surface area contributed by atoms with Crippen LogP contribution in [0.25, 0.3) is 0 Å². The second-order valence-corrected chi connectivity index (χ2v) is 11.9. The summed E-state index contributed by atoms with van der Waals surface area (Å²) in [6.07, 6.45) is 11.7. The number of fused-ring (bicyclic) bond motifs is 2. The summed E-state index contributed by atoms with van der Waals surface area (Å²) in [6, 6.07) is -1.40. The number of nitrogens with one attached hydrogen (secondary N) is 3. The van der Waals surface area contributed by atoms with Crippen LogP contribution in [0.3, 0.4) is 0 Å². The van der Waals surface area contributed by atoms with Gasteiger partial charge in [-0.1, -0.05) is 25.0 Å². The molecule has 4 atom stereocenters. The van der Waals surface area contributed by atoms with Crippen LogP contribution in [-0.4, -0.2) is 65.0 Å². The number of hydrogen-bond acceptors (Lipinski definition) is 5. The van der Waals surface area contributed by atoms with Crippen molar-refractivity contribution in [1.29, 1.82) is 0 Å². The van der Waals surface area contributed by atoms with Crippen LogP contribution in [0, 0.1) is 11.8 Å². The highest BCUT2D eigenvalue weighted by atomic mass is 16.6. The van der Waals surface area contributed by atoms with Gasteiger partial charge in [0.25, 0.3) is 0 Å². The van der Waals surface area contributed by atoms with E-state index in [2.05, 4.69) is 28.1 Å². The quantitative estimate of drug-likeness (QED) is 0.511. The first-order chi connectivity index (χ1) is 17.1. The van der Waals surface area contributed by atoms with Gasteiger partial charge in [-0.2, -0.15) is 0 Å². The Labute approximate surface area is 214 Å². The predicted molar refractivity (Wildman–Crippen MR) is 135 cm³/mol. The van der Waals surface area contributed by atoms with E-state index in [0.29, 0.717) is 44.7 Å². The Kier molecular flexibility index (Phi) is 7.95. The molecule has 1 saturated heterocycles. The molecule has 2 aliphatic carbocycles. The maximum atomic E-state index is 13.6. The number of hydrogen-bond donors (Lipinski definition) is 3. The summed E-state index contributed by atoms with van der Waals surface area (Å²) in [5.41, 5.74) is -1.61. The zero-order chi connectivity index (χ0) is 25.9. The first-order valence-corrected chi connectivity index (χ1v) is 13.7. The second-order valence-electron chi connectivity index (χ2n) is 11.9. The van der Waals surface area contributed by atoms with Gasteiger partial charge < -0.3 is 25.6 Å². The number of allylic oxidation sites excluding steroid dienone is 1. The average Bonchev–Trinajstić information content (AvgIpc) is 3.70. The summed E-state index contributed by atoms with van der Waals surface area (Å²) in [5, 5.41) is 8.86. The second kappa shape index (κ2) is 10.8. The Morgan fingerprint density at radius 3 is 2.61 bits per heavy atom. The molecule has 200 valence electrons. The van der Waals surface area contributed by atoms with Crippen molar-refractivity contribution in [2.45, 2.75) is 108 Å². The van der Waals surface area contributed by atoms with Gasteiger partial charge >= 0.3 is 6.09 Å². The van der Waals surface area contributed by atoms with Gasteiger partial charge in [-0.05, 0) is 78.1 Å². The maximum absolute atomic E-state index is 13.6. The van der Waals surface area contributed by atoms with E-state index in [1.165, 1.54) is 0 Å². The Morgan fingerprint density at radius 1 is 1.11 bits per heavy atom. The number of amides is 4. The van der Waals surface area contributed by atoms with Crippen molar-refractivity contribution in [3.8, 4) is 0 Å². The van der Waals surface area contributed by atoms with Crippen LogP contribution in [0.2, 0.25) is 0 Å². The number of ether oxygens (including phenoxy) is 1. The summed E-state index contributed by atoms with van der Waals surface area (Å²) in [5.74, 6) is -0.149. The van der Waals surface area contributed by atoms with E-state index in [1.54, 1.807) is 25.7 Å². The van der Waals surface area contributed by atoms with Gasteiger partial charge in [0.05, 0.1) is 0 Å². The lowest BCUT2D eigenvalue weighted by Crippen LogP contribution is -2.58. The highest BCUT2D eigenvalue weighted by molar-refractivity contribution is 5.98. The van der Waals surface area contributed by atoms with Crippen molar-refractivity contribution in [3.05, 3.63) is 12.2 Å². The van der Waals surface area contributed by atoms with E-state index in [1.807, 2.05) is 0 Å². The summed E-state index contributed by atoms with van der Waals surface area (Å²) in [6.45, 7) is 6.44. The molecule has 36 heavy (non-hydrogen) atoms. The molecular weight excluding hydrogens is 460 g/mol. The molecule has 4 aliphatic rings. The minimum absolute atomic E-state index is 0.0297. The summed E-state index contributed by atoms with van der Waals surface area (Å²) >= 11 is 0. The van der Waals surface area contributed by atoms with Crippen LogP contribution < -0.4 is 16.0 Å². The molecule has 9 heteroatoms. The summed E-state index contributed by atoms with van der Waals surface area (Å²) in [4.78, 5) is 54.3. The minimum Gasteiger partial charge on any atom is -0.444 e. The van der Waals surface area contributed by atoms with Gasteiger partial charge in [0, 0.05) is 19.0 Å². The van der Waals surface area contributed by atoms with Crippen LogP contribution in [0.15, 0.2) is 12.2 Å². The lowest BCUT2D eigenvalue weighted by atomic mass is 10.0. The SMILES string of the molecule is CC(C)(C)OC(=O)N[C@H]1CCCCCC=C[C@@H]2C[C@@]2(C(=O)NCC2CC2)NC(=O)C2CCCN2C1=O. The van der Waals surface area contributed by atoms with Crippen LogP contribution in [-0.2, 0) is 19.1 Å². The molecule has 4 amide bonds. The molecule has 4 rings (SSSR count). The van der Waals surface area contributed by atoms with E-state index in [-0.39, 0.29) is 23.6 Å². The molecule has 2 heterocycles. The standard InChI is InChI=1S/C27H42N4O5/c1-26(2,3)36-25(35)29-20-11-8-6-4-5-7-10-19-16-27(19,24(34)28-17-18-13-14-18)30-22(32)21-12-9-15-31(21)23(20)33/h7,10,18-21H,4-6,8-9,11-17H2,1-3H3,(H,28,34)(H,29,35)(H,30,32)/t19-,20+,21?,27-/m1/s1. The lowest BCUT2D eigenvalue weighted by Gasteiger charge is -2.30. The van der Waals surface area contributed by atoms with Crippen molar-refractivity contribution < 1.29 is 23.9 Å². The molecule has 1 unspecified atom stereocenters. The number of rotatable bonds is 4. The first kappa shape index (κ1) is 26.5. The summed E-state index contributed by atoms with van der Waals surface area (Å²) in [7, 11) is 0. The zero-order valence-corrected chi connectivity index (χ0v) is 21.9. The largest absolute Gasteiger partial charge is 0.444 e. The Balaban J connectivity index is 1.50. The monoisotopic (exact) mass is 502 g/mol. The number of carbonyl (C=O) groups is 4. The van der Waals surface area contributed by atoms with Gasteiger partial charge in [0.1, 0.15) is 23.2 Å². The summed E-state index contributed by atoms with van der Waals surface area (Å²) < 4.78 is 5.40.